The molecule has 0 amide bonds. The molecule has 4 aromatic rings. The van der Waals surface area contributed by atoms with Gasteiger partial charge in [-0.05, 0) is 42.0 Å². The molecule has 0 spiro atoms. The van der Waals surface area contributed by atoms with Crippen LogP contribution in [-0.2, 0) is 0 Å². The van der Waals surface area contributed by atoms with Crippen LogP contribution in [0.4, 0.5) is 0 Å². The van der Waals surface area contributed by atoms with E-state index in [1.807, 2.05) is 48.7 Å². The van der Waals surface area contributed by atoms with Gasteiger partial charge < -0.3 is 0 Å². The second-order valence-corrected chi connectivity index (χ2v) is 5.22. The van der Waals surface area contributed by atoms with Crippen molar-refractivity contribution in [2.24, 2.45) is 0 Å². The van der Waals surface area contributed by atoms with Crippen LogP contribution in [0.25, 0.3) is 34.0 Å². The fourth-order valence-electron chi connectivity index (χ4n) is 2.55. The minimum atomic E-state index is 0.963. The van der Waals surface area contributed by atoms with Crippen LogP contribution in [0.3, 0.4) is 0 Å². The van der Waals surface area contributed by atoms with E-state index in [2.05, 4.69) is 46.4 Å². The molecule has 0 atom stereocenters. The quantitative estimate of drug-likeness (QED) is 0.519. The molecular weight excluding hydrogens is 268 g/mol. The molecule has 0 aliphatic heterocycles. The van der Waals surface area contributed by atoms with Crippen molar-refractivity contribution in [3.8, 4) is 0 Å². The van der Waals surface area contributed by atoms with Crippen molar-refractivity contribution in [3.05, 3.63) is 84.2 Å². The standard InChI is InChI=1S/C20H14N2/c1-2-6-20-16(4-1)9-11-18(22-20)10-7-15-8-12-19-17(14-15)5-3-13-21-19/h1-14H/b10-7+. The van der Waals surface area contributed by atoms with Crippen molar-refractivity contribution in [1.29, 1.82) is 0 Å². The summed E-state index contributed by atoms with van der Waals surface area (Å²) in [4.78, 5) is 8.99. The minimum Gasteiger partial charge on any atom is -0.256 e. The summed E-state index contributed by atoms with van der Waals surface area (Å²) in [5.41, 5.74) is 4.15. The third kappa shape index (κ3) is 2.47. The van der Waals surface area contributed by atoms with E-state index < -0.39 is 0 Å². The van der Waals surface area contributed by atoms with E-state index in [0.717, 1.165) is 33.1 Å². The lowest BCUT2D eigenvalue weighted by atomic mass is 10.1. The van der Waals surface area contributed by atoms with Gasteiger partial charge in [-0.3, -0.25) is 4.98 Å². The van der Waals surface area contributed by atoms with Crippen molar-refractivity contribution in [2.75, 3.05) is 0 Å². The highest BCUT2D eigenvalue weighted by atomic mass is 14.7. The van der Waals surface area contributed by atoms with Crippen molar-refractivity contribution in [2.45, 2.75) is 0 Å². The van der Waals surface area contributed by atoms with Crippen molar-refractivity contribution >= 4 is 34.0 Å². The SMILES string of the molecule is C(=C\c1ccc2ccccc2n1)/c1ccc2ncccc2c1. The molecule has 0 saturated carbocycles. The van der Waals surface area contributed by atoms with Crippen molar-refractivity contribution in [3.63, 3.8) is 0 Å². The highest BCUT2D eigenvalue weighted by molar-refractivity contribution is 5.84. The predicted octanol–water partition coefficient (Wildman–Crippen LogP) is 4.95. The largest absolute Gasteiger partial charge is 0.256 e. The molecule has 4 rings (SSSR count). The van der Waals surface area contributed by atoms with Gasteiger partial charge in [0.25, 0.3) is 0 Å². The van der Waals surface area contributed by atoms with Gasteiger partial charge >= 0.3 is 0 Å². The van der Waals surface area contributed by atoms with Crippen LogP contribution in [-0.4, -0.2) is 9.97 Å². The molecule has 0 N–H and O–H groups in total. The molecule has 0 radical (unpaired) electrons. The molecule has 0 unspecified atom stereocenters. The first-order valence-corrected chi connectivity index (χ1v) is 7.27. The third-order valence-corrected chi connectivity index (χ3v) is 3.69. The first-order chi connectivity index (χ1) is 10.9. The molecule has 2 aromatic heterocycles. The van der Waals surface area contributed by atoms with Gasteiger partial charge in [0.15, 0.2) is 0 Å². The zero-order chi connectivity index (χ0) is 14.8. The average molecular weight is 282 g/mol. The summed E-state index contributed by atoms with van der Waals surface area (Å²) in [5, 5.41) is 2.31. The van der Waals surface area contributed by atoms with Crippen LogP contribution in [0.2, 0.25) is 0 Å². The molecule has 104 valence electrons. The van der Waals surface area contributed by atoms with E-state index >= 15 is 0 Å². The first kappa shape index (κ1) is 12.7. The Hall–Kier alpha value is -3.00. The molecule has 2 heterocycles. The number of hydrogen-bond donors (Lipinski definition) is 0. The lowest BCUT2D eigenvalue weighted by Crippen LogP contribution is -1.83. The van der Waals surface area contributed by atoms with Crippen molar-refractivity contribution < 1.29 is 0 Å². The van der Waals surface area contributed by atoms with Crippen LogP contribution in [0.15, 0.2) is 72.9 Å². The Morgan fingerprint density at radius 3 is 2.59 bits per heavy atom. The Labute approximate surface area is 128 Å². The Kier molecular flexibility index (Phi) is 3.13. The Morgan fingerprint density at radius 1 is 0.682 bits per heavy atom. The first-order valence-electron chi connectivity index (χ1n) is 7.27. The molecule has 0 aliphatic rings. The Balaban J connectivity index is 1.68. The number of benzene rings is 2. The van der Waals surface area contributed by atoms with Gasteiger partial charge in [0.1, 0.15) is 0 Å². The van der Waals surface area contributed by atoms with Gasteiger partial charge in [-0.15, -0.1) is 0 Å². The smallest absolute Gasteiger partial charge is 0.0709 e. The maximum atomic E-state index is 4.65. The van der Waals surface area contributed by atoms with Crippen molar-refractivity contribution in [1.82, 2.24) is 9.97 Å². The number of rotatable bonds is 2. The van der Waals surface area contributed by atoms with E-state index in [1.54, 1.807) is 0 Å². The monoisotopic (exact) mass is 282 g/mol. The summed E-state index contributed by atoms with van der Waals surface area (Å²) in [6, 6.07) is 22.6. The van der Waals surface area contributed by atoms with Crippen LogP contribution >= 0.6 is 0 Å². The van der Waals surface area contributed by atoms with Crippen LogP contribution in [0.1, 0.15) is 11.3 Å². The summed E-state index contributed by atoms with van der Waals surface area (Å²) in [6.07, 6.45) is 5.95. The zero-order valence-electron chi connectivity index (χ0n) is 12.0. The van der Waals surface area contributed by atoms with E-state index in [4.69, 9.17) is 0 Å². The van der Waals surface area contributed by atoms with Crippen LogP contribution in [0.5, 0.6) is 0 Å². The van der Waals surface area contributed by atoms with Gasteiger partial charge in [-0.2, -0.15) is 0 Å². The molecule has 0 saturated heterocycles. The highest BCUT2D eigenvalue weighted by Gasteiger charge is 1.96. The topological polar surface area (TPSA) is 25.8 Å². The fraction of sp³-hybridized carbons (Fsp3) is 0. The molecule has 2 heteroatoms. The minimum absolute atomic E-state index is 0.963. The third-order valence-electron chi connectivity index (χ3n) is 3.69. The second-order valence-electron chi connectivity index (χ2n) is 5.22. The summed E-state index contributed by atoms with van der Waals surface area (Å²) in [5.74, 6) is 0. The van der Waals surface area contributed by atoms with Gasteiger partial charge in [0.2, 0.25) is 0 Å². The molecule has 0 fully saturated rings. The van der Waals surface area contributed by atoms with Gasteiger partial charge in [-0.1, -0.05) is 42.5 Å². The number of nitrogens with zero attached hydrogens (tertiary/aromatic N) is 2. The number of hydrogen-bond acceptors (Lipinski definition) is 2. The maximum absolute atomic E-state index is 4.65. The highest BCUT2D eigenvalue weighted by Crippen LogP contribution is 2.17. The normalized spacial score (nSPS) is 11.5. The van der Waals surface area contributed by atoms with Crippen LogP contribution < -0.4 is 0 Å². The van der Waals surface area contributed by atoms with Gasteiger partial charge in [-0.25, -0.2) is 4.98 Å². The van der Waals surface area contributed by atoms with E-state index in [9.17, 15) is 0 Å². The zero-order valence-corrected chi connectivity index (χ0v) is 12.0. The molecule has 0 bridgehead atoms. The molecule has 22 heavy (non-hydrogen) atoms. The van der Waals surface area contributed by atoms with Gasteiger partial charge in [0, 0.05) is 17.0 Å². The van der Waals surface area contributed by atoms with E-state index in [0.29, 0.717) is 0 Å². The summed E-state index contributed by atoms with van der Waals surface area (Å²) >= 11 is 0. The van der Waals surface area contributed by atoms with E-state index in [-0.39, 0.29) is 0 Å². The molecule has 2 nitrogen and oxygen atoms in total. The fourth-order valence-corrected chi connectivity index (χ4v) is 2.55. The number of para-hydroxylation sites is 1. The molecular formula is C20H14N2. The summed E-state index contributed by atoms with van der Waals surface area (Å²) in [6.45, 7) is 0. The number of fused-ring (bicyclic) bond motifs is 2. The summed E-state index contributed by atoms with van der Waals surface area (Å²) < 4.78 is 0. The van der Waals surface area contributed by atoms with Crippen LogP contribution in [0, 0.1) is 0 Å². The Bertz CT molecular complexity index is 905. The second kappa shape index (κ2) is 5.41. The molecule has 0 aliphatic carbocycles. The average Bonchev–Trinajstić information content (AvgIpc) is 2.59. The Morgan fingerprint density at radius 2 is 1.59 bits per heavy atom. The number of aromatic nitrogens is 2. The summed E-state index contributed by atoms with van der Waals surface area (Å²) in [7, 11) is 0. The maximum Gasteiger partial charge on any atom is 0.0709 e. The lowest BCUT2D eigenvalue weighted by molar-refractivity contribution is 1.37. The van der Waals surface area contributed by atoms with E-state index in [1.165, 1.54) is 0 Å². The van der Waals surface area contributed by atoms with Gasteiger partial charge in [0.05, 0.1) is 16.7 Å². The molecule has 2 aromatic carbocycles. The number of pyridine rings is 2. The lowest BCUT2D eigenvalue weighted by Gasteiger charge is -2.00. The predicted molar refractivity (Wildman–Crippen MR) is 92.4 cm³/mol.